The fourth-order valence-electron chi connectivity index (χ4n) is 3.23. The lowest BCUT2D eigenvalue weighted by Gasteiger charge is -2.28. The number of nitriles is 1. The lowest BCUT2D eigenvalue weighted by atomic mass is 10.1. The fourth-order valence-corrected chi connectivity index (χ4v) is 3.69. The summed E-state index contributed by atoms with van der Waals surface area (Å²) in [5.74, 6) is -1.66. The van der Waals surface area contributed by atoms with Gasteiger partial charge in [0.2, 0.25) is 0 Å². The van der Waals surface area contributed by atoms with Gasteiger partial charge in [-0.15, -0.1) is 0 Å². The summed E-state index contributed by atoms with van der Waals surface area (Å²) >= 11 is 1.91. The van der Waals surface area contributed by atoms with E-state index < -0.39 is 23.3 Å². The summed E-state index contributed by atoms with van der Waals surface area (Å²) < 4.78 is 41.8. The summed E-state index contributed by atoms with van der Waals surface area (Å²) in [6, 6.07) is 13.8. The largest absolute Gasteiger partial charge is 0.456 e. The Morgan fingerprint density at radius 1 is 1.03 bits per heavy atom. The first-order valence-electron chi connectivity index (χ1n) is 11.3. The van der Waals surface area contributed by atoms with Gasteiger partial charge in [0.1, 0.15) is 40.4 Å². The minimum Gasteiger partial charge on any atom is -0.456 e. The Kier molecular flexibility index (Phi) is 8.78. The third-order valence-electron chi connectivity index (χ3n) is 4.84. The number of urea groups is 1. The van der Waals surface area contributed by atoms with E-state index in [1.54, 1.807) is 59.1 Å². The zero-order chi connectivity index (χ0) is 28.2. The molecule has 0 saturated carbocycles. The van der Waals surface area contributed by atoms with Crippen molar-refractivity contribution in [3.63, 3.8) is 0 Å². The van der Waals surface area contributed by atoms with Crippen molar-refractivity contribution < 1.29 is 27.8 Å². The number of hydrogen-bond acceptors (Lipinski definition) is 5. The molecule has 0 aliphatic heterocycles. The van der Waals surface area contributed by atoms with Crippen LogP contribution in [0.2, 0.25) is 0 Å². The summed E-state index contributed by atoms with van der Waals surface area (Å²) in [5, 5.41) is 12.7. The predicted octanol–water partition coefficient (Wildman–Crippen LogP) is 7.40. The third-order valence-corrected chi connectivity index (χ3v) is 5.52. The Morgan fingerprint density at radius 3 is 2.34 bits per heavy atom. The van der Waals surface area contributed by atoms with E-state index in [-0.39, 0.29) is 34.5 Å². The molecule has 0 saturated heterocycles. The van der Waals surface area contributed by atoms with Gasteiger partial charge in [-0.1, -0.05) is 6.07 Å². The van der Waals surface area contributed by atoms with Gasteiger partial charge in [0.15, 0.2) is 0 Å². The van der Waals surface area contributed by atoms with E-state index in [1.165, 1.54) is 23.1 Å². The van der Waals surface area contributed by atoms with E-state index >= 15 is 4.39 Å². The van der Waals surface area contributed by atoms with Crippen molar-refractivity contribution in [1.82, 2.24) is 4.90 Å². The average Bonchev–Trinajstić information content (AvgIpc) is 2.79. The number of carbonyl (C=O) groups excluding carboxylic acids is 2. The highest BCUT2D eigenvalue weighted by molar-refractivity contribution is 14.1. The molecule has 0 fully saturated rings. The summed E-state index contributed by atoms with van der Waals surface area (Å²) in [6.45, 7) is 4.88. The average molecular weight is 634 g/mol. The topological polar surface area (TPSA) is 94.9 Å². The predicted molar refractivity (Wildman–Crippen MR) is 148 cm³/mol. The number of carbonyl (C=O) groups is 2. The molecular formula is C27H25F2IN4O4. The summed E-state index contributed by atoms with van der Waals surface area (Å²) in [6.07, 6.45) is -1.01. The normalized spacial score (nSPS) is 10.8. The second kappa shape index (κ2) is 11.6. The van der Waals surface area contributed by atoms with Crippen molar-refractivity contribution in [2.24, 2.45) is 0 Å². The molecule has 0 aliphatic carbocycles. The highest BCUT2D eigenvalue weighted by atomic mass is 127. The first kappa shape index (κ1) is 28.6. The zero-order valence-electron chi connectivity index (χ0n) is 21.3. The van der Waals surface area contributed by atoms with E-state index in [9.17, 15) is 19.2 Å². The molecule has 0 bridgehead atoms. The van der Waals surface area contributed by atoms with Crippen LogP contribution in [0.25, 0.3) is 0 Å². The van der Waals surface area contributed by atoms with Gasteiger partial charge in [-0.25, -0.2) is 23.3 Å². The van der Waals surface area contributed by atoms with Crippen LogP contribution in [0.3, 0.4) is 0 Å². The van der Waals surface area contributed by atoms with Crippen LogP contribution in [0.4, 0.5) is 35.4 Å². The van der Waals surface area contributed by atoms with E-state index in [0.717, 1.165) is 17.0 Å². The molecule has 11 heteroatoms. The van der Waals surface area contributed by atoms with Gasteiger partial charge in [-0.2, -0.15) is 5.26 Å². The highest BCUT2D eigenvalue weighted by Gasteiger charge is 2.31. The van der Waals surface area contributed by atoms with Gasteiger partial charge < -0.3 is 19.7 Å². The molecule has 38 heavy (non-hydrogen) atoms. The van der Waals surface area contributed by atoms with Gasteiger partial charge in [0.25, 0.3) is 0 Å². The number of nitrogens with zero attached hydrogens (tertiary/aromatic N) is 3. The summed E-state index contributed by atoms with van der Waals surface area (Å²) in [7, 11) is 3.16. The van der Waals surface area contributed by atoms with E-state index in [4.69, 9.17) is 9.47 Å². The van der Waals surface area contributed by atoms with E-state index in [0.29, 0.717) is 9.26 Å². The van der Waals surface area contributed by atoms with Gasteiger partial charge in [-0.05, 0) is 79.8 Å². The quantitative estimate of drug-likeness (QED) is 0.295. The number of ether oxygens (including phenoxy) is 2. The molecule has 0 aliphatic rings. The molecule has 3 aromatic carbocycles. The number of rotatable bonds is 5. The van der Waals surface area contributed by atoms with Gasteiger partial charge in [0.05, 0.1) is 11.4 Å². The minimum atomic E-state index is -1.01. The maximum absolute atomic E-state index is 15.1. The monoisotopic (exact) mass is 634 g/mol. The Hall–Kier alpha value is -3.92. The SMILES string of the molecule is CN(C)C(=O)Nc1cccc(Oc2cc(F)cc(N(C(=O)OC(C)(C)C)c3ccc(I)cc3F)c2C#N)c1. The molecule has 8 nitrogen and oxygen atoms in total. The van der Waals surface area contributed by atoms with Gasteiger partial charge in [-0.3, -0.25) is 0 Å². The lowest BCUT2D eigenvalue weighted by Crippen LogP contribution is -2.34. The summed E-state index contributed by atoms with van der Waals surface area (Å²) in [4.78, 5) is 27.4. The molecule has 0 aromatic heterocycles. The molecule has 0 radical (unpaired) electrons. The van der Waals surface area contributed by atoms with Crippen molar-refractivity contribution in [2.45, 2.75) is 26.4 Å². The smallest absolute Gasteiger partial charge is 0.419 e. The molecule has 1 N–H and O–H groups in total. The van der Waals surface area contributed by atoms with Gasteiger partial charge >= 0.3 is 12.1 Å². The molecule has 0 unspecified atom stereocenters. The van der Waals surface area contributed by atoms with Crippen LogP contribution < -0.4 is 15.0 Å². The first-order chi connectivity index (χ1) is 17.8. The number of halogens is 3. The van der Waals surface area contributed by atoms with Crippen LogP contribution in [-0.2, 0) is 4.74 Å². The molecule has 0 atom stereocenters. The molecule has 3 rings (SSSR count). The van der Waals surface area contributed by atoms with Gasteiger partial charge in [0, 0.05) is 35.5 Å². The number of hydrogen-bond donors (Lipinski definition) is 1. The molecule has 0 heterocycles. The zero-order valence-corrected chi connectivity index (χ0v) is 23.5. The summed E-state index contributed by atoms with van der Waals surface area (Å²) in [5.41, 5.74) is -1.31. The van der Waals surface area contributed by atoms with Crippen LogP contribution in [0.15, 0.2) is 54.6 Å². The van der Waals surface area contributed by atoms with Crippen LogP contribution in [0.1, 0.15) is 26.3 Å². The number of amides is 3. The molecule has 0 spiro atoms. The maximum Gasteiger partial charge on any atom is 0.419 e. The Morgan fingerprint density at radius 2 is 1.74 bits per heavy atom. The number of benzene rings is 3. The minimum absolute atomic E-state index is 0.180. The number of anilines is 3. The molecule has 198 valence electrons. The van der Waals surface area contributed by atoms with E-state index in [1.807, 2.05) is 28.7 Å². The van der Waals surface area contributed by atoms with E-state index in [2.05, 4.69) is 5.32 Å². The Balaban J connectivity index is 2.13. The molecular weight excluding hydrogens is 609 g/mol. The van der Waals surface area contributed by atoms with Crippen molar-refractivity contribution in [3.05, 3.63) is 75.4 Å². The molecule has 3 aromatic rings. The fraction of sp³-hybridized carbons (Fsp3) is 0.222. The third kappa shape index (κ3) is 7.10. The maximum atomic E-state index is 15.1. The van der Waals surface area contributed by atoms with Crippen molar-refractivity contribution in [3.8, 4) is 17.6 Å². The first-order valence-corrected chi connectivity index (χ1v) is 12.3. The number of nitrogens with one attached hydrogen (secondary N) is 1. The second-order valence-electron chi connectivity index (χ2n) is 9.28. The molecule has 3 amide bonds. The lowest BCUT2D eigenvalue weighted by molar-refractivity contribution is 0.0598. The standard InChI is InChI=1S/C27H25F2IN4O4/c1-27(2,3)38-26(36)34(22-10-9-17(30)13-21(22)29)23-11-16(28)12-24(20(23)15-31)37-19-8-6-7-18(14-19)32-25(35)33(4)5/h6-14H,1-5H3,(H,32,35). The van der Waals surface area contributed by atoms with Crippen molar-refractivity contribution in [2.75, 3.05) is 24.3 Å². The van der Waals surface area contributed by atoms with Crippen LogP contribution in [0, 0.1) is 26.5 Å². The second-order valence-corrected chi connectivity index (χ2v) is 10.5. The highest BCUT2D eigenvalue weighted by Crippen LogP contribution is 2.39. The van der Waals surface area contributed by atoms with Crippen LogP contribution in [-0.4, -0.2) is 36.7 Å². The van der Waals surface area contributed by atoms with Crippen LogP contribution in [0.5, 0.6) is 11.5 Å². The van der Waals surface area contributed by atoms with Crippen LogP contribution >= 0.6 is 22.6 Å². The van der Waals surface area contributed by atoms with Crippen molar-refractivity contribution in [1.29, 1.82) is 5.26 Å². The van der Waals surface area contributed by atoms with Crippen molar-refractivity contribution >= 4 is 51.8 Å². The Bertz CT molecular complexity index is 1420. The Labute approximate surface area is 232 Å².